The summed E-state index contributed by atoms with van der Waals surface area (Å²) in [6, 6.07) is 11.5. The molecule has 0 fully saturated rings. The predicted molar refractivity (Wildman–Crippen MR) is 143 cm³/mol. The van der Waals surface area contributed by atoms with E-state index < -0.39 is 20.0 Å². The third kappa shape index (κ3) is 10.1. The third-order valence-electron chi connectivity index (χ3n) is 6.06. The Morgan fingerprint density at radius 2 is 1.47 bits per heavy atom. The lowest BCUT2D eigenvalue weighted by Gasteiger charge is -2.29. The number of aryl methyl sites for hydroxylation is 1. The minimum atomic E-state index is -3.92. The average Bonchev–Trinajstić information content (AvgIpc) is 2.82. The minimum absolute atomic E-state index is 0.226. The summed E-state index contributed by atoms with van der Waals surface area (Å²) in [7, 11) is -2.10. The smallest absolute Gasteiger partial charge is 0.270 e. The van der Waals surface area contributed by atoms with Crippen LogP contribution >= 0.6 is 0 Å². The molecule has 0 atom stereocenters. The summed E-state index contributed by atoms with van der Waals surface area (Å²) in [4.78, 5) is 0.477. The monoisotopic (exact) mass is 542 g/mol. The van der Waals surface area contributed by atoms with Crippen LogP contribution in [0.3, 0.4) is 0 Å². The second kappa shape index (κ2) is 13.4. The molecule has 0 amide bonds. The number of benzene rings is 2. The zero-order chi connectivity index (χ0) is 26.8. The molecular weight excluding hydrogens is 502 g/mol. The number of unbranched alkanes of at least 4 members (excludes halogenated alkanes) is 1. The third-order valence-corrected chi connectivity index (χ3v) is 8.52. The quantitative estimate of drug-likeness (QED) is 0.168. The Hall–Kier alpha value is -2.18. The van der Waals surface area contributed by atoms with Crippen LogP contribution in [0, 0.1) is 6.92 Å². The van der Waals surface area contributed by atoms with Gasteiger partial charge >= 0.3 is 0 Å². The largest absolute Gasteiger partial charge is 0.497 e. The number of hydrogen-bond donors (Lipinski definition) is 3. The number of quaternary nitrogens is 1. The Morgan fingerprint density at radius 3 is 2.11 bits per heavy atom. The summed E-state index contributed by atoms with van der Waals surface area (Å²) in [5.41, 5.74) is 1.79. The van der Waals surface area contributed by atoms with Gasteiger partial charge in [-0.05, 0) is 68.3 Å². The lowest BCUT2D eigenvalue weighted by Crippen LogP contribution is -2.44. The van der Waals surface area contributed by atoms with Crippen molar-refractivity contribution in [3.05, 3.63) is 48.0 Å². The maximum atomic E-state index is 13.0. The number of nitrogens with zero attached hydrogens (tertiary/aromatic N) is 1. The average molecular weight is 543 g/mol. The number of rotatable bonds is 16. The zero-order valence-corrected chi connectivity index (χ0v) is 23.3. The molecule has 202 valence electrons. The highest BCUT2D eigenvalue weighted by Gasteiger charge is 2.19. The van der Waals surface area contributed by atoms with Crippen LogP contribution in [0.2, 0.25) is 0 Å². The molecule has 2 aromatic rings. The van der Waals surface area contributed by atoms with Crippen LogP contribution in [-0.4, -0.2) is 85.6 Å². The van der Waals surface area contributed by atoms with E-state index in [2.05, 4.69) is 10.6 Å². The summed E-state index contributed by atoms with van der Waals surface area (Å²) in [5, 5.41) is 6.76. The van der Waals surface area contributed by atoms with Crippen molar-refractivity contribution in [3.8, 4) is 5.75 Å². The van der Waals surface area contributed by atoms with Crippen molar-refractivity contribution in [3.63, 3.8) is 0 Å². The standard InChI is InChI=1S/C25H39N3O6S2/c1-21-8-11-24(36(32,33)23-12-9-22(34-4)10-13-23)20-25(21)27-16-6-5-14-26-15-7-17-28(2,3)18-19-35(29,30)31/h8-13,20,26-27H,5-7,14-19H2,1-4H3/p+1. The second-order valence-corrected chi connectivity index (χ2v) is 13.1. The number of anilines is 1. The molecule has 2 aromatic carbocycles. The van der Waals surface area contributed by atoms with E-state index in [-0.39, 0.29) is 15.5 Å². The van der Waals surface area contributed by atoms with Gasteiger partial charge in [-0.15, -0.1) is 0 Å². The number of ether oxygens (including phenoxy) is 1. The molecule has 0 aromatic heterocycles. The summed E-state index contributed by atoms with van der Waals surface area (Å²) in [5.74, 6) is 0.379. The fourth-order valence-corrected chi connectivity index (χ4v) is 5.69. The van der Waals surface area contributed by atoms with E-state index in [0.717, 1.165) is 56.7 Å². The first-order chi connectivity index (χ1) is 16.8. The zero-order valence-electron chi connectivity index (χ0n) is 21.7. The van der Waals surface area contributed by atoms with Crippen molar-refractivity contribution in [2.24, 2.45) is 0 Å². The first-order valence-electron chi connectivity index (χ1n) is 12.1. The second-order valence-electron chi connectivity index (χ2n) is 9.56. The van der Waals surface area contributed by atoms with Crippen LogP contribution in [-0.2, 0) is 20.0 Å². The van der Waals surface area contributed by atoms with Gasteiger partial charge in [-0.25, -0.2) is 8.42 Å². The molecule has 0 saturated carbocycles. The molecule has 3 N–H and O–H groups in total. The van der Waals surface area contributed by atoms with Crippen LogP contribution < -0.4 is 15.4 Å². The molecular formula is C25H40N3O6S2+. The van der Waals surface area contributed by atoms with Crippen molar-refractivity contribution in [2.75, 3.05) is 65.0 Å². The van der Waals surface area contributed by atoms with Gasteiger partial charge in [-0.2, -0.15) is 8.42 Å². The number of hydrogen-bond acceptors (Lipinski definition) is 7. The van der Waals surface area contributed by atoms with Crippen LogP contribution in [0.4, 0.5) is 5.69 Å². The fourth-order valence-electron chi connectivity index (χ4n) is 3.68. The SMILES string of the molecule is COc1ccc(S(=O)(=O)c2ccc(C)c(NCCCCNCCC[N+](C)(C)CCS(=O)(=O)O)c2)cc1. The van der Waals surface area contributed by atoms with E-state index in [1.54, 1.807) is 36.4 Å². The topological polar surface area (TPSA) is 122 Å². The van der Waals surface area contributed by atoms with Gasteiger partial charge in [0.2, 0.25) is 9.84 Å². The van der Waals surface area contributed by atoms with Crippen molar-refractivity contribution in [2.45, 2.75) is 36.0 Å². The van der Waals surface area contributed by atoms with E-state index in [1.165, 1.54) is 7.11 Å². The van der Waals surface area contributed by atoms with Gasteiger partial charge in [0.15, 0.2) is 0 Å². The number of nitrogens with one attached hydrogen (secondary N) is 2. The maximum absolute atomic E-state index is 13.0. The molecule has 0 bridgehead atoms. The van der Waals surface area contributed by atoms with Gasteiger partial charge < -0.3 is 19.9 Å². The van der Waals surface area contributed by atoms with E-state index in [9.17, 15) is 16.8 Å². The molecule has 0 saturated heterocycles. The molecule has 0 aliphatic carbocycles. The molecule has 0 unspecified atom stereocenters. The summed E-state index contributed by atoms with van der Waals surface area (Å²) in [6.07, 6.45) is 2.81. The molecule has 2 rings (SSSR count). The highest BCUT2D eigenvalue weighted by molar-refractivity contribution is 7.91. The molecule has 36 heavy (non-hydrogen) atoms. The lowest BCUT2D eigenvalue weighted by molar-refractivity contribution is -0.888. The Labute approximate surface area is 216 Å². The first kappa shape index (κ1) is 30.0. The molecule has 0 radical (unpaired) electrons. The fraction of sp³-hybridized carbons (Fsp3) is 0.520. The van der Waals surface area contributed by atoms with Crippen molar-refractivity contribution in [1.29, 1.82) is 0 Å². The highest BCUT2D eigenvalue weighted by Crippen LogP contribution is 2.27. The molecule has 0 spiro atoms. The Bertz CT molecular complexity index is 1180. The van der Waals surface area contributed by atoms with E-state index in [0.29, 0.717) is 16.8 Å². The first-order valence-corrected chi connectivity index (χ1v) is 15.1. The summed E-state index contributed by atoms with van der Waals surface area (Å²) >= 11 is 0. The van der Waals surface area contributed by atoms with Crippen molar-refractivity contribution >= 4 is 25.6 Å². The molecule has 0 aliphatic rings. The Kier molecular flexibility index (Phi) is 11.2. The number of sulfone groups is 1. The molecule has 0 aliphatic heterocycles. The Balaban J connectivity index is 1.73. The molecule has 11 heteroatoms. The van der Waals surface area contributed by atoms with Crippen LogP contribution in [0.5, 0.6) is 5.75 Å². The van der Waals surface area contributed by atoms with Crippen LogP contribution in [0.25, 0.3) is 0 Å². The number of methoxy groups -OCH3 is 1. The van der Waals surface area contributed by atoms with Gasteiger partial charge in [0, 0.05) is 25.2 Å². The highest BCUT2D eigenvalue weighted by atomic mass is 32.2. The summed E-state index contributed by atoms with van der Waals surface area (Å²) in [6.45, 7) is 5.58. The van der Waals surface area contributed by atoms with Crippen LogP contribution in [0.1, 0.15) is 24.8 Å². The van der Waals surface area contributed by atoms with Gasteiger partial charge in [-0.1, -0.05) is 6.07 Å². The van der Waals surface area contributed by atoms with Gasteiger partial charge in [0.05, 0.1) is 44.1 Å². The van der Waals surface area contributed by atoms with Crippen LogP contribution in [0.15, 0.2) is 52.3 Å². The van der Waals surface area contributed by atoms with Crippen molar-refractivity contribution < 1.29 is 30.6 Å². The summed E-state index contributed by atoms with van der Waals surface area (Å²) < 4.78 is 62.5. The molecule has 9 nitrogen and oxygen atoms in total. The lowest BCUT2D eigenvalue weighted by atomic mass is 10.2. The minimum Gasteiger partial charge on any atom is -0.497 e. The molecule has 0 heterocycles. The van der Waals surface area contributed by atoms with Gasteiger partial charge in [-0.3, -0.25) is 4.55 Å². The van der Waals surface area contributed by atoms with E-state index >= 15 is 0 Å². The van der Waals surface area contributed by atoms with Crippen molar-refractivity contribution in [1.82, 2.24) is 5.32 Å². The predicted octanol–water partition coefficient (Wildman–Crippen LogP) is 2.97. The maximum Gasteiger partial charge on any atom is 0.270 e. The normalized spacial score (nSPS) is 12.5. The van der Waals surface area contributed by atoms with Gasteiger partial charge in [0.1, 0.15) is 11.5 Å². The Morgan fingerprint density at radius 1 is 0.861 bits per heavy atom. The van der Waals surface area contributed by atoms with E-state index in [4.69, 9.17) is 9.29 Å². The van der Waals surface area contributed by atoms with Gasteiger partial charge in [0.25, 0.3) is 10.1 Å². The van der Waals surface area contributed by atoms with E-state index in [1.807, 2.05) is 27.1 Å².